The van der Waals surface area contributed by atoms with Gasteiger partial charge in [-0.2, -0.15) is 5.26 Å². The Bertz CT molecular complexity index is 702. The van der Waals surface area contributed by atoms with Crippen molar-refractivity contribution < 1.29 is 14.7 Å². The number of rotatable bonds is 3. The number of carbonyl (C=O) groups is 2. The van der Waals surface area contributed by atoms with Gasteiger partial charge >= 0.3 is 5.97 Å². The number of halogens is 1. The molecule has 1 heterocycles. The molecule has 0 aromatic carbocycles. The third kappa shape index (κ3) is 3.16. The molecule has 2 N–H and O–H groups in total. The fraction of sp³-hybridized carbons (Fsp3) is 0.400. The number of carbonyl (C=O) groups excluding carboxylic acids is 1. The molecule has 0 spiro atoms. The van der Waals surface area contributed by atoms with Crippen LogP contribution in [0.25, 0.3) is 0 Å². The number of nitrogens with one attached hydrogen (secondary N) is 1. The van der Waals surface area contributed by atoms with Crippen LogP contribution in [0, 0.1) is 37.0 Å². The minimum absolute atomic E-state index is 0.204. The maximum atomic E-state index is 12.5. The fourth-order valence-corrected chi connectivity index (χ4v) is 3.73. The molecule has 2 rings (SSSR count). The Labute approximate surface area is 137 Å². The molecule has 1 amide bonds. The van der Waals surface area contributed by atoms with Crippen LogP contribution < -0.4 is 5.32 Å². The molecule has 0 unspecified atom stereocenters. The standard InChI is InChI=1S/C15H15ClN2O3S/c1-7-8(2)22-14(12(7)6-17)18-13(19)11-5-9(16)3-4-10(11)15(20)21/h3,10-11H,4-5H2,1-2H3,(H,18,19)(H,20,21)/t10-,11-/m0/s1. The van der Waals surface area contributed by atoms with Crippen molar-refractivity contribution in [2.24, 2.45) is 11.8 Å². The molecule has 116 valence electrons. The highest BCUT2D eigenvalue weighted by atomic mass is 35.5. The van der Waals surface area contributed by atoms with Gasteiger partial charge in [-0.3, -0.25) is 9.59 Å². The van der Waals surface area contributed by atoms with Gasteiger partial charge in [0, 0.05) is 9.91 Å². The van der Waals surface area contributed by atoms with Gasteiger partial charge in [-0.25, -0.2) is 0 Å². The third-order valence-corrected chi connectivity index (χ3v) is 5.31. The summed E-state index contributed by atoms with van der Waals surface area (Å²) in [7, 11) is 0. The second kappa shape index (κ2) is 6.51. The number of thiophene rings is 1. The van der Waals surface area contributed by atoms with Crippen LogP contribution in [-0.2, 0) is 9.59 Å². The van der Waals surface area contributed by atoms with E-state index in [1.807, 2.05) is 13.8 Å². The zero-order valence-electron chi connectivity index (χ0n) is 12.1. The van der Waals surface area contributed by atoms with Crippen molar-refractivity contribution in [3.63, 3.8) is 0 Å². The monoisotopic (exact) mass is 338 g/mol. The number of nitriles is 1. The number of carboxylic acid groups (broad SMARTS) is 1. The lowest BCUT2D eigenvalue weighted by Crippen LogP contribution is -2.35. The molecule has 22 heavy (non-hydrogen) atoms. The van der Waals surface area contributed by atoms with Crippen LogP contribution in [0.4, 0.5) is 5.00 Å². The first kappa shape index (κ1) is 16.5. The third-order valence-electron chi connectivity index (χ3n) is 3.88. The van der Waals surface area contributed by atoms with Gasteiger partial charge in [0.05, 0.1) is 17.4 Å². The van der Waals surface area contributed by atoms with Crippen molar-refractivity contribution in [2.75, 3.05) is 5.32 Å². The van der Waals surface area contributed by atoms with Crippen molar-refractivity contribution in [1.82, 2.24) is 0 Å². The number of aryl methyl sites for hydroxylation is 1. The van der Waals surface area contributed by atoms with E-state index in [1.165, 1.54) is 11.3 Å². The molecule has 1 aromatic rings. The first-order valence-electron chi connectivity index (χ1n) is 6.73. The van der Waals surface area contributed by atoms with Crippen LogP contribution in [0.3, 0.4) is 0 Å². The molecule has 0 aliphatic heterocycles. The van der Waals surface area contributed by atoms with E-state index in [4.69, 9.17) is 11.6 Å². The minimum atomic E-state index is -1.01. The summed E-state index contributed by atoms with van der Waals surface area (Å²) >= 11 is 7.27. The number of allylic oxidation sites excluding steroid dienone is 2. The minimum Gasteiger partial charge on any atom is -0.481 e. The average molecular weight is 339 g/mol. The molecule has 2 atom stereocenters. The number of aliphatic carboxylic acids is 1. The molecule has 0 bridgehead atoms. The number of nitrogens with zero attached hydrogens (tertiary/aromatic N) is 1. The number of amides is 1. The van der Waals surface area contributed by atoms with Crippen molar-refractivity contribution in [3.8, 4) is 6.07 Å². The predicted octanol–water partition coefficient (Wildman–Crippen LogP) is 3.41. The van der Waals surface area contributed by atoms with E-state index in [1.54, 1.807) is 6.08 Å². The van der Waals surface area contributed by atoms with E-state index in [2.05, 4.69) is 11.4 Å². The summed E-state index contributed by atoms with van der Waals surface area (Å²) in [5, 5.41) is 22.1. The van der Waals surface area contributed by atoms with Gasteiger partial charge in [-0.1, -0.05) is 17.7 Å². The first-order valence-corrected chi connectivity index (χ1v) is 7.92. The first-order chi connectivity index (χ1) is 10.3. The van der Waals surface area contributed by atoms with Crippen LogP contribution in [-0.4, -0.2) is 17.0 Å². The molecule has 0 radical (unpaired) electrons. The van der Waals surface area contributed by atoms with Gasteiger partial charge in [-0.15, -0.1) is 11.3 Å². The van der Waals surface area contributed by atoms with E-state index in [-0.39, 0.29) is 12.8 Å². The van der Waals surface area contributed by atoms with Crippen LogP contribution in [0.5, 0.6) is 0 Å². The van der Waals surface area contributed by atoms with Crippen LogP contribution in [0.15, 0.2) is 11.1 Å². The van der Waals surface area contributed by atoms with Gasteiger partial charge in [0.2, 0.25) is 5.91 Å². The summed E-state index contributed by atoms with van der Waals surface area (Å²) in [4.78, 5) is 24.7. The van der Waals surface area contributed by atoms with E-state index < -0.39 is 23.7 Å². The molecule has 1 aliphatic rings. The number of hydrogen-bond acceptors (Lipinski definition) is 4. The van der Waals surface area contributed by atoms with Gasteiger partial charge in [0.25, 0.3) is 0 Å². The quantitative estimate of drug-likeness (QED) is 0.883. The second-order valence-corrected chi connectivity index (χ2v) is 6.94. The highest BCUT2D eigenvalue weighted by Gasteiger charge is 2.36. The summed E-state index contributed by atoms with van der Waals surface area (Å²) in [6.07, 6.45) is 2.08. The fourth-order valence-electron chi connectivity index (χ4n) is 2.46. The zero-order valence-corrected chi connectivity index (χ0v) is 13.7. The smallest absolute Gasteiger partial charge is 0.307 e. The van der Waals surface area contributed by atoms with Gasteiger partial charge in [0.1, 0.15) is 11.1 Å². The van der Waals surface area contributed by atoms with Crippen molar-refractivity contribution in [2.45, 2.75) is 26.7 Å². The van der Waals surface area contributed by atoms with Crippen molar-refractivity contribution >= 4 is 39.8 Å². The van der Waals surface area contributed by atoms with E-state index in [9.17, 15) is 20.0 Å². The molecular formula is C15H15ClN2O3S. The Balaban J connectivity index is 2.25. The largest absolute Gasteiger partial charge is 0.481 e. The van der Waals surface area contributed by atoms with Gasteiger partial charge in [0.15, 0.2) is 0 Å². The Morgan fingerprint density at radius 2 is 2.14 bits per heavy atom. The van der Waals surface area contributed by atoms with Gasteiger partial charge in [-0.05, 0) is 32.3 Å². The Kier molecular flexibility index (Phi) is 4.89. The van der Waals surface area contributed by atoms with Crippen LogP contribution in [0.1, 0.15) is 28.8 Å². The molecule has 0 saturated carbocycles. The summed E-state index contributed by atoms with van der Waals surface area (Å²) in [5.74, 6) is -2.95. The SMILES string of the molecule is Cc1sc(NC(=O)[C@H]2CC(Cl)=CC[C@@H]2C(=O)O)c(C#N)c1C. The van der Waals surface area contributed by atoms with Crippen molar-refractivity contribution in [3.05, 3.63) is 27.1 Å². The molecule has 1 aliphatic carbocycles. The highest BCUT2D eigenvalue weighted by molar-refractivity contribution is 7.16. The molecule has 0 saturated heterocycles. The second-order valence-electron chi connectivity index (χ2n) is 5.23. The van der Waals surface area contributed by atoms with Crippen molar-refractivity contribution in [1.29, 1.82) is 5.26 Å². The molecular weight excluding hydrogens is 324 g/mol. The van der Waals surface area contributed by atoms with Crippen LogP contribution in [0.2, 0.25) is 0 Å². The van der Waals surface area contributed by atoms with Crippen LogP contribution >= 0.6 is 22.9 Å². The highest BCUT2D eigenvalue weighted by Crippen LogP contribution is 2.35. The van der Waals surface area contributed by atoms with E-state index in [0.717, 1.165) is 10.4 Å². The summed E-state index contributed by atoms with van der Waals surface area (Å²) in [6, 6.07) is 2.08. The summed E-state index contributed by atoms with van der Waals surface area (Å²) in [6.45, 7) is 3.69. The normalized spacial score (nSPS) is 20.9. The maximum absolute atomic E-state index is 12.5. The Hall–Kier alpha value is -1.84. The van der Waals surface area contributed by atoms with E-state index in [0.29, 0.717) is 15.6 Å². The molecule has 1 aromatic heterocycles. The lowest BCUT2D eigenvalue weighted by atomic mass is 9.82. The molecule has 0 fully saturated rings. The number of hydrogen-bond donors (Lipinski definition) is 2. The average Bonchev–Trinajstić information content (AvgIpc) is 2.72. The maximum Gasteiger partial charge on any atom is 0.307 e. The van der Waals surface area contributed by atoms with Gasteiger partial charge < -0.3 is 10.4 Å². The summed E-state index contributed by atoms with van der Waals surface area (Å²) in [5.41, 5.74) is 1.26. The lowest BCUT2D eigenvalue weighted by molar-refractivity contribution is -0.146. The Morgan fingerprint density at radius 3 is 2.73 bits per heavy atom. The molecule has 7 heteroatoms. The van der Waals surface area contributed by atoms with E-state index >= 15 is 0 Å². The predicted molar refractivity (Wildman–Crippen MR) is 84.9 cm³/mol. The summed E-state index contributed by atoms with van der Waals surface area (Å²) < 4.78 is 0. The molecule has 5 nitrogen and oxygen atoms in total. The topological polar surface area (TPSA) is 90.2 Å². The number of anilines is 1. The lowest BCUT2D eigenvalue weighted by Gasteiger charge is -2.25. The zero-order chi connectivity index (χ0) is 16.4. The number of carboxylic acids is 1. The Morgan fingerprint density at radius 1 is 1.45 bits per heavy atom.